The van der Waals surface area contributed by atoms with Crippen LogP contribution in [0.15, 0.2) is 36.4 Å². The highest BCUT2D eigenvalue weighted by Crippen LogP contribution is 2.31. The summed E-state index contributed by atoms with van der Waals surface area (Å²) in [4.78, 5) is 14.8. The molecule has 0 radical (unpaired) electrons. The van der Waals surface area contributed by atoms with Crippen LogP contribution >= 0.6 is 0 Å². The predicted octanol–water partition coefficient (Wildman–Crippen LogP) is 4.40. The van der Waals surface area contributed by atoms with Gasteiger partial charge in [-0.3, -0.25) is 4.79 Å². The lowest BCUT2D eigenvalue weighted by atomic mass is 10.0. The second-order valence-electron chi connectivity index (χ2n) is 5.04. The Morgan fingerprint density at radius 1 is 1.10 bits per heavy atom. The number of carbonyl (C=O) groups excluding carboxylic acids is 1. The molecule has 100 valence electrons. The number of aryl methyl sites for hydroxylation is 2. The summed E-state index contributed by atoms with van der Waals surface area (Å²) < 4.78 is 13.0. The summed E-state index contributed by atoms with van der Waals surface area (Å²) >= 11 is 0. The molecule has 0 saturated carbocycles. The van der Waals surface area contributed by atoms with E-state index in [1.165, 1.54) is 12.1 Å². The van der Waals surface area contributed by atoms with Gasteiger partial charge in [-0.1, -0.05) is 6.07 Å². The fourth-order valence-electron chi connectivity index (χ4n) is 2.71. The van der Waals surface area contributed by atoms with Crippen molar-refractivity contribution in [2.24, 2.45) is 0 Å². The summed E-state index contributed by atoms with van der Waals surface area (Å²) in [6.45, 7) is 4.01. The van der Waals surface area contributed by atoms with E-state index in [0.29, 0.717) is 5.56 Å². The normalized spacial score (nSPS) is 10.9. The highest BCUT2D eigenvalue weighted by molar-refractivity contribution is 6.06. The SMILES string of the molecule is Cc1cc(C)c2c(C=O)c(-c3ccc(F)cc3)[nH]c2c1. The first kappa shape index (κ1) is 12.6. The number of halogens is 1. The van der Waals surface area contributed by atoms with Crippen LogP contribution in [0.4, 0.5) is 4.39 Å². The number of nitrogens with one attached hydrogen (secondary N) is 1. The molecule has 0 aliphatic rings. The molecule has 3 heteroatoms. The van der Waals surface area contributed by atoms with Crippen LogP contribution < -0.4 is 0 Å². The van der Waals surface area contributed by atoms with Gasteiger partial charge in [0.15, 0.2) is 6.29 Å². The number of H-pyrrole nitrogens is 1. The Bertz CT molecular complexity index is 800. The van der Waals surface area contributed by atoms with Crippen LogP contribution in [0.1, 0.15) is 21.5 Å². The van der Waals surface area contributed by atoms with Crippen molar-refractivity contribution in [3.8, 4) is 11.3 Å². The van der Waals surface area contributed by atoms with E-state index in [1.807, 2.05) is 19.9 Å². The molecule has 1 N–H and O–H groups in total. The number of aromatic amines is 1. The lowest BCUT2D eigenvalue weighted by molar-refractivity contribution is 0.112. The van der Waals surface area contributed by atoms with Gasteiger partial charge in [-0.05, 0) is 60.9 Å². The van der Waals surface area contributed by atoms with Crippen molar-refractivity contribution in [3.63, 3.8) is 0 Å². The van der Waals surface area contributed by atoms with Crippen molar-refractivity contribution < 1.29 is 9.18 Å². The number of aldehydes is 1. The molecule has 1 heterocycles. The van der Waals surface area contributed by atoms with E-state index in [-0.39, 0.29) is 5.82 Å². The maximum Gasteiger partial charge on any atom is 0.152 e. The number of carbonyl (C=O) groups is 1. The molecule has 20 heavy (non-hydrogen) atoms. The van der Waals surface area contributed by atoms with Crippen LogP contribution in [0, 0.1) is 19.7 Å². The number of fused-ring (bicyclic) bond motifs is 1. The van der Waals surface area contributed by atoms with E-state index in [4.69, 9.17) is 0 Å². The number of hydrogen-bond acceptors (Lipinski definition) is 1. The van der Waals surface area contributed by atoms with Gasteiger partial charge in [0, 0.05) is 16.5 Å². The quantitative estimate of drug-likeness (QED) is 0.686. The highest BCUT2D eigenvalue weighted by atomic mass is 19.1. The van der Waals surface area contributed by atoms with Gasteiger partial charge in [0.05, 0.1) is 5.69 Å². The van der Waals surface area contributed by atoms with E-state index in [2.05, 4.69) is 11.1 Å². The predicted molar refractivity (Wildman–Crippen MR) is 78.6 cm³/mol. The molecule has 0 aliphatic heterocycles. The Morgan fingerprint density at radius 3 is 2.45 bits per heavy atom. The maximum atomic E-state index is 13.0. The van der Waals surface area contributed by atoms with Crippen LogP contribution in [0.5, 0.6) is 0 Å². The molecular weight excluding hydrogens is 253 g/mol. The maximum absolute atomic E-state index is 13.0. The molecule has 0 amide bonds. The van der Waals surface area contributed by atoms with Crippen molar-refractivity contribution in [1.82, 2.24) is 4.98 Å². The van der Waals surface area contributed by atoms with Crippen LogP contribution in [-0.4, -0.2) is 11.3 Å². The summed E-state index contributed by atoms with van der Waals surface area (Å²) in [5.41, 5.74) is 5.31. The van der Waals surface area contributed by atoms with Crippen molar-refractivity contribution in [3.05, 3.63) is 58.9 Å². The minimum Gasteiger partial charge on any atom is -0.354 e. The van der Waals surface area contributed by atoms with Gasteiger partial charge < -0.3 is 4.98 Å². The smallest absolute Gasteiger partial charge is 0.152 e. The molecule has 0 fully saturated rings. The number of benzene rings is 2. The molecule has 0 aliphatic carbocycles. The monoisotopic (exact) mass is 267 g/mol. The molecule has 2 aromatic carbocycles. The first-order valence-corrected chi connectivity index (χ1v) is 6.44. The first-order chi connectivity index (χ1) is 9.60. The Hall–Kier alpha value is -2.42. The van der Waals surface area contributed by atoms with Gasteiger partial charge in [-0.15, -0.1) is 0 Å². The van der Waals surface area contributed by atoms with E-state index in [9.17, 15) is 9.18 Å². The Kier molecular flexibility index (Phi) is 2.90. The minimum atomic E-state index is -0.287. The first-order valence-electron chi connectivity index (χ1n) is 6.44. The van der Waals surface area contributed by atoms with Gasteiger partial charge in [0.1, 0.15) is 5.82 Å². The molecule has 0 atom stereocenters. The second-order valence-corrected chi connectivity index (χ2v) is 5.04. The number of rotatable bonds is 2. The van der Waals surface area contributed by atoms with Gasteiger partial charge in [-0.25, -0.2) is 4.39 Å². The zero-order chi connectivity index (χ0) is 14.3. The molecular formula is C17H14FNO. The van der Waals surface area contributed by atoms with E-state index in [0.717, 1.165) is 39.6 Å². The second kappa shape index (κ2) is 4.60. The van der Waals surface area contributed by atoms with Crippen molar-refractivity contribution in [2.75, 3.05) is 0 Å². The zero-order valence-electron chi connectivity index (χ0n) is 11.3. The van der Waals surface area contributed by atoms with E-state index >= 15 is 0 Å². The fraction of sp³-hybridized carbons (Fsp3) is 0.118. The van der Waals surface area contributed by atoms with Gasteiger partial charge in [0.25, 0.3) is 0 Å². The van der Waals surface area contributed by atoms with Crippen molar-refractivity contribution >= 4 is 17.2 Å². The molecule has 0 spiro atoms. The molecule has 0 saturated heterocycles. The van der Waals surface area contributed by atoms with Gasteiger partial charge in [0.2, 0.25) is 0 Å². The third-order valence-corrected chi connectivity index (χ3v) is 3.53. The summed E-state index contributed by atoms with van der Waals surface area (Å²) in [5, 5.41) is 0.935. The Balaban J connectivity index is 2.33. The molecule has 0 unspecified atom stereocenters. The van der Waals surface area contributed by atoms with Crippen LogP contribution in [-0.2, 0) is 0 Å². The van der Waals surface area contributed by atoms with Gasteiger partial charge in [-0.2, -0.15) is 0 Å². The van der Waals surface area contributed by atoms with E-state index < -0.39 is 0 Å². The zero-order valence-corrected chi connectivity index (χ0v) is 11.3. The third kappa shape index (κ3) is 1.92. The summed E-state index contributed by atoms with van der Waals surface area (Å²) in [6.07, 6.45) is 0.861. The summed E-state index contributed by atoms with van der Waals surface area (Å²) in [5.74, 6) is -0.287. The lowest BCUT2D eigenvalue weighted by Crippen LogP contribution is -1.86. The fourth-order valence-corrected chi connectivity index (χ4v) is 2.71. The third-order valence-electron chi connectivity index (χ3n) is 3.53. The average Bonchev–Trinajstić information content (AvgIpc) is 2.78. The highest BCUT2D eigenvalue weighted by Gasteiger charge is 2.14. The number of aromatic nitrogens is 1. The molecule has 1 aromatic heterocycles. The standard InChI is InChI=1S/C17H14FNO/c1-10-7-11(2)16-14(9-20)17(19-15(16)8-10)12-3-5-13(18)6-4-12/h3-9,19H,1-2H3. The molecule has 0 bridgehead atoms. The number of hydrogen-bond donors (Lipinski definition) is 1. The topological polar surface area (TPSA) is 32.9 Å². The Labute approximate surface area is 116 Å². The molecule has 3 rings (SSSR count). The molecule has 2 nitrogen and oxygen atoms in total. The van der Waals surface area contributed by atoms with Crippen molar-refractivity contribution in [1.29, 1.82) is 0 Å². The van der Waals surface area contributed by atoms with Crippen LogP contribution in [0.25, 0.3) is 22.2 Å². The van der Waals surface area contributed by atoms with Crippen LogP contribution in [0.3, 0.4) is 0 Å². The molecule has 3 aromatic rings. The lowest BCUT2D eigenvalue weighted by Gasteiger charge is -2.00. The van der Waals surface area contributed by atoms with Gasteiger partial charge >= 0.3 is 0 Å². The minimum absolute atomic E-state index is 0.287. The largest absolute Gasteiger partial charge is 0.354 e. The van der Waals surface area contributed by atoms with Crippen LogP contribution in [0.2, 0.25) is 0 Å². The summed E-state index contributed by atoms with van der Waals surface area (Å²) in [6, 6.07) is 10.2. The average molecular weight is 267 g/mol. The Morgan fingerprint density at radius 2 is 1.80 bits per heavy atom. The van der Waals surface area contributed by atoms with E-state index in [1.54, 1.807) is 12.1 Å². The van der Waals surface area contributed by atoms with Crippen molar-refractivity contribution in [2.45, 2.75) is 13.8 Å². The summed E-state index contributed by atoms with van der Waals surface area (Å²) in [7, 11) is 0.